The summed E-state index contributed by atoms with van der Waals surface area (Å²) in [6.07, 6.45) is 0.250. The highest BCUT2D eigenvalue weighted by Gasteiger charge is 2.09. The first-order valence-corrected chi connectivity index (χ1v) is 6.78. The fourth-order valence-corrected chi connectivity index (χ4v) is 2.39. The second-order valence-corrected chi connectivity index (χ2v) is 5.64. The molecule has 0 bridgehead atoms. The molecule has 0 saturated carbocycles. The molecule has 0 aliphatic carbocycles. The summed E-state index contributed by atoms with van der Waals surface area (Å²) in [6.45, 7) is 3.79. The van der Waals surface area contributed by atoms with E-state index in [2.05, 4.69) is 4.72 Å². The molecule has 0 aliphatic heterocycles. The summed E-state index contributed by atoms with van der Waals surface area (Å²) < 4.78 is 25.5. The predicted molar refractivity (Wildman–Crippen MR) is 65.0 cm³/mol. The third-order valence-electron chi connectivity index (χ3n) is 2.35. The summed E-state index contributed by atoms with van der Waals surface area (Å²) in [5.41, 5.74) is 2.74. The van der Waals surface area contributed by atoms with Crippen molar-refractivity contribution < 1.29 is 13.5 Å². The van der Waals surface area contributed by atoms with Gasteiger partial charge in [0.25, 0.3) is 0 Å². The maximum Gasteiger partial charge on any atom is 0.232 e. The van der Waals surface area contributed by atoms with Crippen molar-refractivity contribution in [1.29, 1.82) is 0 Å². The smallest absolute Gasteiger partial charge is 0.232 e. The largest absolute Gasteiger partial charge is 0.396 e. The van der Waals surface area contributed by atoms with E-state index in [1.807, 2.05) is 19.9 Å². The molecule has 0 amide bonds. The Hall–Kier alpha value is -1.07. The lowest BCUT2D eigenvalue weighted by Gasteiger charge is -2.09. The number of benzene rings is 1. The minimum Gasteiger partial charge on any atom is -0.396 e. The first-order valence-electron chi connectivity index (χ1n) is 5.13. The van der Waals surface area contributed by atoms with Crippen molar-refractivity contribution in [2.24, 2.45) is 0 Å². The van der Waals surface area contributed by atoms with Crippen LogP contribution in [0.25, 0.3) is 0 Å². The molecule has 1 aromatic carbocycles. The van der Waals surface area contributed by atoms with Gasteiger partial charge in [-0.05, 0) is 43.5 Å². The molecule has 0 atom stereocenters. The molecule has 4 nitrogen and oxygen atoms in total. The van der Waals surface area contributed by atoms with Gasteiger partial charge in [-0.3, -0.25) is 4.72 Å². The van der Waals surface area contributed by atoms with Gasteiger partial charge in [0, 0.05) is 12.3 Å². The Balaban J connectivity index is 2.76. The molecule has 1 aromatic rings. The van der Waals surface area contributed by atoms with Crippen LogP contribution in [0.15, 0.2) is 18.2 Å². The van der Waals surface area contributed by atoms with E-state index in [0.717, 1.165) is 11.1 Å². The molecule has 0 spiro atoms. The van der Waals surface area contributed by atoms with Crippen LogP contribution in [0.1, 0.15) is 17.5 Å². The second-order valence-electron chi connectivity index (χ2n) is 3.80. The molecular weight excluding hydrogens is 226 g/mol. The molecule has 2 N–H and O–H groups in total. The molecular formula is C11H17NO3S. The van der Waals surface area contributed by atoms with Crippen molar-refractivity contribution in [2.45, 2.75) is 20.3 Å². The van der Waals surface area contributed by atoms with Gasteiger partial charge in [0.1, 0.15) is 0 Å². The number of aryl methyl sites for hydroxylation is 2. The highest BCUT2D eigenvalue weighted by atomic mass is 32.2. The zero-order valence-electron chi connectivity index (χ0n) is 9.53. The minimum atomic E-state index is -3.34. The van der Waals surface area contributed by atoms with Crippen LogP contribution in [0.4, 0.5) is 5.69 Å². The molecule has 0 radical (unpaired) electrons. The van der Waals surface area contributed by atoms with Crippen LogP contribution < -0.4 is 4.72 Å². The maximum absolute atomic E-state index is 11.5. The highest BCUT2D eigenvalue weighted by molar-refractivity contribution is 7.92. The van der Waals surface area contributed by atoms with E-state index in [1.165, 1.54) is 0 Å². The van der Waals surface area contributed by atoms with Gasteiger partial charge in [-0.15, -0.1) is 0 Å². The fourth-order valence-electron chi connectivity index (χ4n) is 1.29. The van der Waals surface area contributed by atoms with Crippen molar-refractivity contribution in [3.05, 3.63) is 29.3 Å². The topological polar surface area (TPSA) is 66.4 Å². The summed E-state index contributed by atoms with van der Waals surface area (Å²) in [6, 6.07) is 5.41. The van der Waals surface area contributed by atoms with E-state index in [4.69, 9.17) is 5.11 Å². The number of aliphatic hydroxyl groups is 1. The Morgan fingerprint density at radius 1 is 1.25 bits per heavy atom. The van der Waals surface area contributed by atoms with E-state index in [0.29, 0.717) is 5.69 Å². The number of anilines is 1. The van der Waals surface area contributed by atoms with Crippen molar-refractivity contribution in [3.63, 3.8) is 0 Å². The summed E-state index contributed by atoms with van der Waals surface area (Å²) >= 11 is 0. The molecule has 0 unspecified atom stereocenters. The Morgan fingerprint density at radius 2 is 1.94 bits per heavy atom. The van der Waals surface area contributed by atoms with E-state index < -0.39 is 10.0 Å². The Morgan fingerprint density at radius 3 is 2.50 bits per heavy atom. The molecule has 16 heavy (non-hydrogen) atoms. The molecule has 5 heteroatoms. The normalized spacial score (nSPS) is 11.4. The van der Waals surface area contributed by atoms with Crippen LogP contribution in [-0.2, 0) is 10.0 Å². The van der Waals surface area contributed by atoms with Crippen LogP contribution in [0.3, 0.4) is 0 Å². The van der Waals surface area contributed by atoms with Crippen molar-refractivity contribution in [3.8, 4) is 0 Å². The molecule has 0 heterocycles. The van der Waals surface area contributed by atoms with Crippen LogP contribution in [-0.4, -0.2) is 25.9 Å². The molecule has 90 valence electrons. The molecule has 0 saturated heterocycles. The second kappa shape index (κ2) is 5.32. The maximum atomic E-state index is 11.5. The molecule has 0 fully saturated rings. The van der Waals surface area contributed by atoms with E-state index in [9.17, 15) is 8.42 Å². The summed E-state index contributed by atoms with van der Waals surface area (Å²) in [5, 5.41) is 8.58. The summed E-state index contributed by atoms with van der Waals surface area (Å²) in [4.78, 5) is 0. The van der Waals surface area contributed by atoms with Crippen molar-refractivity contribution >= 4 is 15.7 Å². The molecule has 1 rings (SSSR count). The van der Waals surface area contributed by atoms with Gasteiger partial charge >= 0.3 is 0 Å². The van der Waals surface area contributed by atoms with Crippen LogP contribution in [0, 0.1) is 13.8 Å². The SMILES string of the molecule is Cc1ccc(NS(=O)(=O)CCCO)cc1C. The van der Waals surface area contributed by atoms with Gasteiger partial charge in [0.15, 0.2) is 0 Å². The highest BCUT2D eigenvalue weighted by Crippen LogP contribution is 2.15. The van der Waals surface area contributed by atoms with Crippen LogP contribution in [0.2, 0.25) is 0 Å². The lowest BCUT2D eigenvalue weighted by atomic mass is 10.1. The third kappa shape index (κ3) is 3.83. The van der Waals surface area contributed by atoms with Crippen LogP contribution in [0.5, 0.6) is 0 Å². The Kier molecular flexibility index (Phi) is 4.32. The monoisotopic (exact) mass is 243 g/mol. The molecule has 0 aromatic heterocycles. The Labute approximate surface area is 96.4 Å². The lowest BCUT2D eigenvalue weighted by Crippen LogP contribution is -2.17. The van der Waals surface area contributed by atoms with Crippen molar-refractivity contribution in [2.75, 3.05) is 17.1 Å². The lowest BCUT2D eigenvalue weighted by molar-refractivity contribution is 0.295. The van der Waals surface area contributed by atoms with Gasteiger partial charge in [-0.1, -0.05) is 6.07 Å². The number of hydrogen-bond donors (Lipinski definition) is 2. The quantitative estimate of drug-likeness (QED) is 0.822. The zero-order chi connectivity index (χ0) is 12.2. The first-order chi connectivity index (χ1) is 7.44. The number of hydrogen-bond acceptors (Lipinski definition) is 3. The van der Waals surface area contributed by atoms with Gasteiger partial charge in [-0.25, -0.2) is 8.42 Å². The summed E-state index contributed by atoms with van der Waals surface area (Å²) in [7, 11) is -3.34. The number of rotatable bonds is 5. The number of nitrogens with one attached hydrogen (secondary N) is 1. The van der Waals surface area contributed by atoms with Gasteiger partial charge in [0.2, 0.25) is 10.0 Å². The standard InChI is InChI=1S/C11H17NO3S/c1-9-4-5-11(8-10(9)2)12-16(14,15)7-3-6-13/h4-5,8,12-13H,3,6-7H2,1-2H3. The first kappa shape index (κ1) is 13.0. The van der Waals surface area contributed by atoms with Crippen molar-refractivity contribution in [1.82, 2.24) is 0 Å². The number of aliphatic hydroxyl groups excluding tert-OH is 1. The van der Waals surface area contributed by atoms with Gasteiger partial charge in [-0.2, -0.15) is 0 Å². The fraction of sp³-hybridized carbons (Fsp3) is 0.455. The zero-order valence-corrected chi connectivity index (χ0v) is 10.3. The van der Waals surface area contributed by atoms with E-state index >= 15 is 0 Å². The summed E-state index contributed by atoms with van der Waals surface area (Å²) in [5.74, 6) is -0.0591. The predicted octanol–water partition coefficient (Wildman–Crippen LogP) is 1.43. The van der Waals surface area contributed by atoms with Crippen LogP contribution >= 0.6 is 0 Å². The van der Waals surface area contributed by atoms with Gasteiger partial charge in [0.05, 0.1) is 5.75 Å². The van der Waals surface area contributed by atoms with E-state index in [1.54, 1.807) is 12.1 Å². The molecule has 0 aliphatic rings. The third-order valence-corrected chi connectivity index (χ3v) is 3.72. The van der Waals surface area contributed by atoms with E-state index in [-0.39, 0.29) is 18.8 Å². The average molecular weight is 243 g/mol. The number of sulfonamides is 1. The Bertz CT molecular complexity index is 454. The average Bonchev–Trinajstić information content (AvgIpc) is 2.20. The van der Waals surface area contributed by atoms with Gasteiger partial charge < -0.3 is 5.11 Å². The minimum absolute atomic E-state index is 0.0591.